The van der Waals surface area contributed by atoms with Gasteiger partial charge in [0.15, 0.2) is 0 Å². The lowest BCUT2D eigenvalue weighted by molar-refractivity contribution is -0.115. The van der Waals surface area contributed by atoms with E-state index in [1.165, 1.54) is 18.9 Å². The van der Waals surface area contributed by atoms with Crippen LogP contribution in [0.25, 0.3) is 0 Å². The van der Waals surface area contributed by atoms with Crippen molar-refractivity contribution in [1.29, 1.82) is 0 Å². The van der Waals surface area contributed by atoms with Crippen molar-refractivity contribution in [3.8, 4) is 0 Å². The van der Waals surface area contributed by atoms with Crippen LogP contribution in [0, 0.1) is 6.92 Å². The summed E-state index contributed by atoms with van der Waals surface area (Å²) < 4.78 is 0. The highest BCUT2D eigenvalue weighted by Gasteiger charge is 2.15. The van der Waals surface area contributed by atoms with E-state index in [0.29, 0.717) is 23.8 Å². The number of benzene rings is 1. The number of rotatable bonds is 5. The van der Waals surface area contributed by atoms with Crippen LogP contribution in [0.1, 0.15) is 41.6 Å². The Labute approximate surface area is 118 Å². The first kappa shape index (κ1) is 14.5. The topological polar surface area (TPSA) is 78.4 Å². The molecule has 2 rings (SSSR count). The van der Waals surface area contributed by atoms with Gasteiger partial charge in [-0.3, -0.25) is 4.79 Å². The fraction of sp³-hybridized carbons (Fsp3) is 0.467. The van der Waals surface area contributed by atoms with Gasteiger partial charge in [0.2, 0.25) is 5.91 Å². The number of hydrogen-bond donors (Lipinski definition) is 3. The number of aryl methyl sites for hydroxylation is 1. The number of carbonyl (C=O) groups is 2. The molecule has 0 heterocycles. The smallest absolute Gasteiger partial charge is 0.335 e. The van der Waals surface area contributed by atoms with Crippen LogP contribution in [0.2, 0.25) is 0 Å². The van der Waals surface area contributed by atoms with Gasteiger partial charge in [-0.15, -0.1) is 0 Å². The molecule has 0 atom stereocenters. The first-order valence-electron chi connectivity index (χ1n) is 6.93. The molecular formula is C15H20N2O3. The molecule has 1 aliphatic rings. The largest absolute Gasteiger partial charge is 0.478 e. The van der Waals surface area contributed by atoms with E-state index in [4.69, 9.17) is 5.11 Å². The predicted molar refractivity (Wildman–Crippen MR) is 77.0 cm³/mol. The van der Waals surface area contributed by atoms with Crippen molar-refractivity contribution < 1.29 is 14.7 Å². The Kier molecular flexibility index (Phi) is 4.74. The standard InChI is InChI=1S/C15H20N2O3/c1-10-8-12(6-7-13(10)15(19)20)17-14(18)9-16-11-4-2-3-5-11/h6-8,11,16H,2-5,9H2,1H3,(H,17,18)(H,19,20). The summed E-state index contributed by atoms with van der Waals surface area (Å²) in [6, 6.07) is 5.26. The summed E-state index contributed by atoms with van der Waals surface area (Å²) >= 11 is 0. The summed E-state index contributed by atoms with van der Waals surface area (Å²) in [6.07, 6.45) is 4.74. The number of carboxylic acid groups (broad SMARTS) is 1. The van der Waals surface area contributed by atoms with Gasteiger partial charge in [-0.25, -0.2) is 4.79 Å². The molecule has 0 aliphatic heterocycles. The Bertz CT molecular complexity index is 508. The van der Waals surface area contributed by atoms with Gasteiger partial charge in [-0.05, 0) is 43.5 Å². The van der Waals surface area contributed by atoms with Crippen molar-refractivity contribution >= 4 is 17.6 Å². The molecule has 0 radical (unpaired) electrons. The van der Waals surface area contributed by atoms with Crippen LogP contribution < -0.4 is 10.6 Å². The van der Waals surface area contributed by atoms with Crippen LogP contribution >= 0.6 is 0 Å². The van der Waals surface area contributed by atoms with E-state index in [0.717, 1.165) is 12.8 Å². The Morgan fingerprint density at radius 3 is 2.60 bits per heavy atom. The Morgan fingerprint density at radius 2 is 2.00 bits per heavy atom. The van der Waals surface area contributed by atoms with E-state index >= 15 is 0 Å². The minimum Gasteiger partial charge on any atom is -0.478 e. The lowest BCUT2D eigenvalue weighted by Gasteiger charge is -2.12. The molecular weight excluding hydrogens is 256 g/mol. The maximum atomic E-state index is 11.8. The molecule has 1 aromatic carbocycles. The summed E-state index contributed by atoms with van der Waals surface area (Å²) in [4.78, 5) is 22.7. The molecule has 1 fully saturated rings. The third-order valence-corrected chi connectivity index (χ3v) is 3.65. The van der Waals surface area contributed by atoms with E-state index < -0.39 is 5.97 Å². The molecule has 1 aromatic rings. The second kappa shape index (κ2) is 6.52. The van der Waals surface area contributed by atoms with Crippen LogP contribution in [0.5, 0.6) is 0 Å². The number of carbonyl (C=O) groups excluding carboxylic acids is 1. The normalized spacial score (nSPS) is 15.2. The Balaban J connectivity index is 1.87. The average Bonchev–Trinajstić information content (AvgIpc) is 2.89. The van der Waals surface area contributed by atoms with Crippen LogP contribution in [0.4, 0.5) is 5.69 Å². The van der Waals surface area contributed by atoms with Crippen molar-refractivity contribution in [3.63, 3.8) is 0 Å². The lowest BCUT2D eigenvalue weighted by Crippen LogP contribution is -2.34. The molecule has 0 unspecified atom stereocenters. The van der Waals surface area contributed by atoms with Crippen LogP contribution in [-0.2, 0) is 4.79 Å². The van der Waals surface area contributed by atoms with Crippen LogP contribution in [-0.4, -0.2) is 29.6 Å². The van der Waals surface area contributed by atoms with Crippen LogP contribution in [0.3, 0.4) is 0 Å². The molecule has 5 heteroatoms. The average molecular weight is 276 g/mol. The van der Waals surface area contributed by atoms with E-state index in [2.05, 4.69) is 10.6 Å². The summed E-state index contributed by atoms with van der Waals surface area (Å²) in [7, 11) is 0. The number of nitrogens with one attached hydrogen (secondary N) is 2. The van der Waals surface area contributed by atoms with E-state index in [-0.39, 0.29) is 11.5 Å². The Morgan fingerprint density at radius 1 is 1.30 bits per heavy atom. The fourth-order valence-corrected chi connectivity index (χ4v) is 2.55. The monoisotopic (exact) mass is 276 g/mol. The molecule has 3 N–H and O–H groups in total. The molecule has 0 spiro atoms. The number of aromatic carboxylic acids is 1. The maximum absolute atomic E-state index is 11.8. The van der Waals surface area contributed by atoms with Gasteiger partial charge in [0.1, 0.15) is 0 Å². The Hall–Kier alpha value is -1.88. The molecule has 20 heavy (non-hydrogen) atoms. The molecule has 5 nitrogen and oxygen atoms in total. The highest BCUT2D eigenvalue weighted by molar-refractivity contribution is 5.94. The number of anilines is 1. The zero-order valence-corrected chi connectivity index (χ0v) is 11.6. The van der Waals surface area contributed by atoms with Gasteiger partial charge in [0, 0.05) is 11.7 Å². The van der Waals surface area contributed by atoms with Gasteiger partial charge in [0.25, 0.3) is 0 Å². The second-order valence-electron chi connectivity index (χ2n) is 5.25. The number of amides is 1. The zero-order valence-electron chi connectivity index (χ0n) is 11.6. The SMILES string of the molecule is Cc1cc(NC(=O)CNC2CCCC2)ccc1C(=O)O. The molecule has 0 saturated heterocycles. The first-order chi connectivity index (χ1) is 9.56. The van der Waals surface area contributed by atoms with Gasteiger partial charge >= 0.3 is 5.97 Å². The van der Waals surface area contributed by atoms with Crippen molar-refractivity contribution in [2.24, 2.45) is 0 Å². The molecule has 0 aromatic heterocycles. The van der Waals surface area contributed by atoms with Crippen molar-refractivity contribution in [2.75, 3.05) is 11.9 Å². The third kappa shape index (κ3) is 3.81. The molecule has 108 valence electrons. The third-order valence-electron chi connectivity index (χ3n) is 3.65. The minimum absolute atomic E-state index is 0.0978. The summed E-state index contributed by atoms with van der Waals surface area (Å²) in [5.74, 6) is -1.05. The second-order valence-corrected chi connectivity index (χ2v) is 5.25. The van der Waals surface area contributed by atoms with Gasteiger partial charge in [0.05, 0.1) is 12.1 Å². The van der Waals surface area contributed by atoms with Crippen LogP contribution in [0.15, 0.2) is 18.2 Å². The van der Waals surface area contributed by atoms with Gasteiger partial charge < -0.3 is 15.7 Å². The lowest BCUT2D eigenvalue weighted by atomic mass is 10.1. The predicted octanol–water partition coefficient (Wildman–Crippen LogP) is 2.16. The quantitative estimate of drug-likeness (QED) is 0.770. The van der Waals surface area contributed by atoms with Crippen molar-refractivity contribution in [1.82, 2.24) is 5.32 Å². The number of carboxylic acids is 1. The van der Waals surface area contributed by atoms with Gasteiger partial charge in [-0.1, -0.05) is 12.8 Å². The molecule has 1 aliphatic carbocycles. The van der Waals surface area contributed by atoms with E-state index in [1.807, 2.05) is 0 Å². The van der Waals surface area contributed by atoms with Crippen molar-refractivity contribution in [3.05, 3.63) is 29.3 Å². The molecule has 1 amide bonds. The maximum Gasteiger partial charge on any atom is 0.335 e. The van der Waals surface area contributed by atoms with Gasteiger partial charge in [-0.2, -0.15) is 0 Å². The molecule has 1 saturated carbocycles. The highest BCUT2D eigenvalue weighted by atomic mass is 16.4. The minimum atomic E-state index is -0.955. The summed E-state index contributed by atoms with van der Waals surface area (Å²) in [6.45, 7) is 2.01. The zero-order chi connectivity index (χ0) is 14.5. The first-order valence-corrected chi connectivity index (χ1v) is 6.93. The van der Waals surface area contributed by atoms with E-state index in [1.54, 1.807) is 19.1 Å². The van der Waals surface area contributed by atoms with Crippen molar-refractivity contribution in [2.45, 2.75) is 38.6 Å². The highest BCUT2D eigenvalue weighted by Crippen LogP contribution is 2.17. The summed E-state index contributed by atoms with van der Waals surface area (Å²) in [5, 5.41) is 15.0. The summed E-state index contributed by atoms with van der Waals surface area (Å²) in [5.41, 5.74) is 1.52. The number of hydrogen-bond acceptors (Lipinski definition) is 3. The molecule has 0 bridgehead atoms. The fourth-order valence-electron chi connectivity index (χ4n) is 2.55. The van der Waals surface area contributed by atoms with E-state index in [9.17, 15) is 9.59 Å².